The molecule has 24 heavy (non-hydrogen) atoms. The molecule has 3 N–H and O–H groups in total. The maximum absolute atomic E-state index is 12.4. The predicted octanol–water partition coefficient (Wildman–Crippen LogP) is 1.84. The smallest absolute Gasteiger partial charge is 0.339 e. The second-order valence-electron chi connectivity index (χ2n) is 5.38. The lowest BCUT2D eigenvalue weighted by molar-refractivity contribution is 0.0599. The highest BCUT2D eigenvalue weighted by molar-refractivity contribution is 6.00. The van der Waals surface area contributed by atoms with Gasteiger partial charge in [0.15, 0.2) is 0 Å². The molecule has 0 aromatic carbocycles. The van der Waals surface area contributed by atoms with Crippen molar-refractivity contribution in [2.24, 2.45) is 0 Å². The van der Waals surface area contributed by atoms with Gasteiger partial charge in [-0.05, 0) is 38.8 Å². The van der Waals surface area contributed by atoms with Gasteiger partial charge in [0.1, 0.15) is 5.69 Å². The van der Waals surface area contributed by atoms with E-state index < -0.39 is 11.9 Å². The molecule has 0 atom stereocenters. The number of anilines is 1. The van der Waals surface area contributed by atoms with Gasteiger partial charge in [0.2, 0.25) is 5.95 Å². The van der Waals surface area contributed by atoms with Gasteiger partial charge in [-0.1, -0.05) is 6.92 Å². The molecule has 0 aliphatic carbocycles. The Balaban J connectivity index is 2.21. The van der Waals surface area contributed by atoms with E-state index in [1.807, 2.05) is 26.8 Å². The molecule has 0 radical (unpaired) electrons. The van der Waals surface area contributed by atoms with E-state index in [9.17, 15) is 9.59 Å². The van der Waals surface area contributed by atoms with E-state index in [2.05, 4.69) is 25.8 Å². The van der Waals surface area contributed by atoms with E-state index in [0.29, 0.717) is 34.9 Å². The lowest BCUT2D eigenvalue weighted by atomic mass is 10.1. The van der Waals surface area contributed by atoms with Crippen LogP contribution in [0.5, 0.6) is 0 Å². The van der Waals surface area contributed by atoms with E-state index in [1.54, 1.807) is 6.92 Å². The summed E-state index contributed by atoms with van der Waals surface area (Å²) >= 11 is 0. The van der Waals surface area contributed by atoms with Gasteiger partial charge in [0, 0.05) is 17.1 Å². The summed E-state index contributed by atoms with van der Waals surface area (Å²) in [6.07, 6.45) is 0.576. The highest BCUT2D eigenvalue weighted by atomic mass is 16.5. The lowest BCUT2D eigenvalue weighted by Gasteiger charge is -2.08. The second kappa shape index (κ2) is 7.12. The number of H-pyrrole nitrogens is 1. The number of aromatic nitrogens is 3. The second-order valence-corrected chi connectivity index (χ2v) is 5.38. The molecular weight excluding hydrogens is 310 g/mol. The first-order chi connectivity index (χ1) is 11.4. The number of aryl methyl sites for hydroxylation is 3. The van der Waals surface area contributed by atoms with Crippen LogP contribution in [0.15, 0.2) is 6.07 Å². The maximum atomic E-state index is 12.4. The molecular formula is C16H21N5O3. The molecule has 2 aromatic rings. The van der Waals surface area contributed by atoms with Crippen molar-refractivity contribution in [1.29, 1.82) is 0 Å². The SMILES string of the molecule is CCc1[nH]c(C(=O)NNc2nc(C)cc(C)n2)c(C)c1C(=O)OC. The molecule has 0 unspecified atom stereocenters. The number of nitrogens with zero attached hydrogens (tertiary/aromatic N) is 2. The van der Waals surface area contributed by atoms with Crippen molar-refractivity contribution in [3.8, 4) is 0 Å². The summed E-state index contributed by atoms with van der Waals surface area (Å²) in [4.78, 5) is 35.6. The van der Waals surface area contributed by atoms with E-state index in [-0.39, 0.29) is 0 Å². The molecule has 2 rings (SSSR count). The number of ether oxygens (including phenoxy) is 1. The number of esters is 1. The third kappa shape index (κ3) is 3.53. The standard InChI is InChI=1S/C16H21N5O3/c1-6-11-12(15(23)24-5)10(4)13(19-11)14(22)20-21-16-17-8(2)7-9(3)18-16/h7,19H,6H2,1-5H3,(H,20,22)(H,17,18,21). The average molecular weight is 331 g/mol. The van der Waals surface area contributed by atoms with Crippen LogP contribution in [0, 0.1) is 20.8 Å². The van der Waals surface area contributed by atoms with E-state index >= 15 is 0 Å². The van der Waals surface area contributed by atoms with Crippen molar-refractivity contribution in [3.63, 3.8) is 0 Å². The summed E-state index contributed by atoms with van der Waals surface area (Å²) < 4.78 is 4.78. The van der Waals surface area contributed by atoms with Gasteiger partial charge < -0.3 is 9.72 Å². The van der Waals surface area contributed by atoms with E-state index in [0.717, 1.165) is 11.4 Å². The molecule has 0 spiro atoms. The number of hydrogen-bond donors (Lipinski definition) is 3. The van der Waals surface area contributed by atoms with Gasteiger partial charge in [-0.15, -0.1) is 0 Å². The largest absolute Gasteiger partial charge is 0.465 e. The van der Waals surface area contributed by atoms with Gasteiger partial charge in [-0.25, -0.2) is 14.8 Å². The average Bonchev–Trinajstić information content (AvgIpc) is 2.87. The van der Waals surface area contributed by atoms with Crippen molar-refractivity contribution in [3.05, 3.63) is 40.0 Å². The Morgan fingerprint density at radius 3 is 2.38 bits per heavy atom. The summed E-state index contributed by atoms with van der Waals surface area (Å²) in [5.41, 5.74) is 8.69. The highest BCUT2D eigenvalue weighted by Crippen LogP contribution is 2.20. The number of aromatic amines is 1. The quantitative estimate of drug-likeness (QED) is 0.570. The van der Waals surface area contributed by atoms with Gasteiger partial charge in [-0.3, -0.25) is 15.6 Å². The number of carbonyl (C=O) groups is 2. The van der Waals surface area contributed by atoms with Crippen LogP contribution < -0.4 is 10.9 Å². The Labute approximate surface area is 140 Å². The number of nitrogens with one attached hydrogen (secondary N) is 3. The summed E-state index contributed by atoms with van der Waals surface area (Å²) in [6, 6.07) is 1.83. The molecule has 0 aliphatic rings. The first-order valence-corrected chi connectivity index (χ1v) is 7.55. The third-order valence-corrected chi connectivity index (χ3v) is 3.57. The van der Waals surface area contributed by atoms with Crippen molar-refractivity contribution < 1.29 is 14.3 Å². The summed E-state index contributed by atoms with van der Waals surface area (Å²) in [6.45, 7) is 7.27. The van der Waals surface area contributed by atoms with Crippen molar-refractivity contribution in [2.75, 3.05) is 12.5 Å². The molecule has 1 amide bonds. The molecule has 2 heterocycles. The summed E-state index contributed by atoms with van der Waals surface area (Å²) in [5, 5.41) is 0. The number of amides is 1. The van der Waals surface area contributed by atoms with Crippen LogP contribution in [-0.4, -0.2) is 33.9 Å². The van der Waals surface area contributed by atoms with Gasteiger partial charge in [-0.2, -0.15) is 0 Å². The summed E-state index contributed by atoms with van der Waals surface area (Å²) in [5.74, 6) is -0.584. The zero-order valence-corrected chi connectivity index (χ0v) is 14.4. The fourth-order valence-corrected chi connectivity index (χ4v) is 2.49. The monoisotopic (exact) mass is 331 g/mol. The Morgan fingerprint density at radius 2 is 1.83 bits per heavy atom. The topological polar surface area (TPSA) is 109 Å². The first kappa shape index (κ1) is 17.5. The van der Waals surface area contributed by atoms with Crippen molar-refractivity contribution >= 4 is 17.8 Å². The van der Waals surface area contributed by atoms with E-state index in [1.165, 1.54) is 7.11 Å². The zero-order chi connectivity index (χ0) is 17.9. The minimum absolute atomic E-state index is 0.295. The van der Waals surface area contributed by atoms with Crippen LogP contribution in [0.1, 0.15) is 50.4 Å². The molecule has 0 aliphatic heterocycles. The van der Waals surface area contributed by atoms with Crippen LogP contribution in [0.2, 0.25) is 0 Å². The Hall–Kier alpha value is -2.90. The zero-order valence-electron chi connectivity index (χ0n) is 14.4. The number of methoxy groups -OCH3 is 1. The molecule has 8 heteroatoms. The van der Waals surface area contributed by atoms with Gasteiger partial charge in [0.25, 0.3) is 5.91 Å². The van der Waals surface area contributed by atoms with Crippen LogP contribution in [0.3, 0.4) is 0 Å². The number of hydrazine groups is 1. The molecule has 8 nitrogen and oxygen atoms in total. The number of rotatable bonds is 5. The molecule has 0 bridgehead atoms. The minimum atomic E-state index is -0.467. The Bertz CT molecular complexity index is 762. The van der Waals surface area contributed by atoms with Gasteiger partial charge in [0.05, 0.1) is 12.7 Å². The third-order valence-electron chi connectivity index (χ3n) is 3.57. The minimum Gasteiger partial charge on any atom is -0.465 e. The predicted molar refractivity (Wildman–Crippen MR) is 88.8 cm³/mol. The fourth-order valence-electron chi connectivity index (χ4n) is 2.49. The molecule has 0 saturated heterocycles. The van der Waals surface area contributed by atoms with E-state index in [4.69, 9.17) is 4.74 Å². The first-order valence-electron chi connectivity index (χ1n) is 7.55. The molecule has 128 valence electrons. The normalized spacial score (nSPS) is 10.4. The van der Waals surface area contributed by atoms with Crippen molar-refractivity contribution in [1.82, 2.24) is 20.4 Å². The van der Waals surface area contributed by atoms with Crippen molar-refractivity contribution in [2.45, 2.75) is 34.1 Å². The maximum Gasteiger partial charge on any atom is 0.339 e. The van der Waals surface area contributed by atoms with Crippen LogP contribution in [0.4, 0.5) is 5.95 Å². The molecule has 0 saturated carbocycles. The highest BCUT2D eigenvalue weighted by Gasteiger charge is 2.23. The van der Waals surface area contributed by atoms with Gasteiger partial charge >= 0.3 is 5.97 Å². The fraction of sp³-hybridized carbons (Fsp3) is 0.375. The molecule has 0 fully saturated rings. The summed E-state index contributed by atoms with van der Waals surface area (Å²) in [7, 11) is 1.31. The number of hydrogen-bond acceptors (Lipinski definition) is 6. The lowest BCUT2D eigenvalue weighted by Crippen LogP contribution is -2.31. The Morgan fingerprint density at radius 1 is 1.21 bits per heavy atom. The number of carbonyl (C=O) groups excluding carboxylic acids is 2. The van der Waals surface area contributed by atoms with Crippen LogP contribution in [-0.2, 0) is 11.2 Å². The Kier molecular flexibility index (Phi) is 5.18. The van der Waals surface area contributed by atoms with Crippen LogP contribution >= 0.6 is 0 Å². The van der Waals surface area contributed by atoms with Crippen LogP contribution in [0.25, 0.3) is 0 Å². The molecule has 2 aromatic heterocycles.